The van der Waals surface area contributed by atoms with Crippen LogP contribution in [0.5, 0.6) is 0 Å². The first kappa shape index (κ1) is 16.0. The van der Waals surface area contributed by atoms with Gasteiger partial charge in [0.25, 0.3) is 0 Å². The van der Waals surface area contributed by atoms with Crippen LogP contribution >= 0.6 is 15.9 Å². The molecule has 0 saturated heterocycles. The lowest BCUT2D eigenvalue weighted by atomic mass is 10.0. The molecule has 3 nitrogen and oxygen atoms in total. The Bertz CT molecular complexity index is 434. The van der Waals surface area contributed by atoms with E-state index in [0.29, 0.717) is 6.54 Å². The largest absolute Gasteiger partial charge is 0.380 e. The summed E-state index contributed by atoms with van der Waals surface area (Å²) in [4.78, 5) is 2.28. The topological polar surface area (TPSA) is 38.5 Å². The fraction of sp³-hybridized carbons (Fsp3) is 0.625. The van der Waals surface area contributed by atoms with E-state index in [9.17, 15) is 0 Å². The molecule has 0 radical (unpaired) electrons. The number of nitrogens with two attached hydrogens (primary N) is 1. The molecule has 1 aromatic rings. The fourth-order valence-corrected chi connectivity index (χ4v) is 2.68. The number of hydrogen-bond acceptors (Lipinski definition) is 3. The number of hydrogen-bond donors (Lipinski definition) is 1. The number of halogens is 1. The average molecular weight is 341 g/mol. The highest BCUT2D eigenvalue weighted by Crippen LogP contribution is 2.29. The molecule has 0 spiro atoms. The van der Waals surface area contributed by atoms with E-state index >= 15 is 0 Å². The van der Waals surface area contributed by atoms with Gasteiger partial charge in [-0.3, -0.25) is 4.90 Å². The lowest BCUT2D eigenvalue weighted by Crippen LogP contribution is -2.33. The molecule has 2 rings (SSSR count). The first-order valence-corrected chi connectivity index (χ1v) is 8.15. The van der Waals surface area contributed by atoms with Crippen LogP contribution in [0.15, 0.2) is 22.7 Å². The Labute approximate surface area is 130 Å². The van der Waals surface area contributed by atoms with Crippen molar-refractivity contribution in [1.82, 2.24) is 4.90 Å². The summed E-state index contributed by atoms with van der Waals surface area (Å²) >= 11 is 3.60. The molecule has 0 amide bonds. The summed E-state index contributed by atoms with van der Waals surface area (Å²) < 4.78 is 6.86. The molecular formula is C16H25BrN2O. The van der Waals surface area contributed by atoms with Crippen molar-refractivity contribution < 1.29 is 4.74 Å². The van der Waals surface area contributed by atoms with Crippen LogP contribution in [-0.2, 0) is 4.74 Å². The molecular weight excluding hydrogens is 316 g/mol. The minimum absolute atomic E-state index is 0.247. The van der Waals surface area contributed by atoms with Crippen LogP contribution in [0.1, 0.15) is 30.0 Å². The van der Waals surface area contributed by atoms with E-state index in [1.807, 2.05) is 0 Å². The molecule has 1 aromatic carbocycles. The van der Waals surface area contributed by atoms with Crippen LogP contribution in [0, 0.1) is 12.8 Å². The molecule has 1 fully saturated rings. The van der Waals surface area contributed by atoms with Gasteiger partial charge in [-0.1, -0.05) is 28.1 Å². The van der Waals surface area contributed by atoms with Crippen LogP contribution in [-0.4, -0.2) is 38.3 Å². The molecule has 2 N–H and O–H groups in total. The smallest absolute Gasteiger partial charge is 0.0593 e. The zero-order chi connectivity index (χ0) is 14.5. The Hall–Kier alpha value is -0.420. The summed E-state index contributed by atoms with van der Waals surface area (Å²) in [6.45, 7) is 5.35. The molecule has 1 unspecified atom stereocenters. The lowest BCUT2D eigenvalue weighted by Gasteiger charge is -2.27. The summed E-state index contributed by atoms with van der Waals surface area (Å²) in [6, 6.07) is 6.73. The maximum Gasteiger partial charge on any atom is 0.0593 e. The predicted molar refractivity (Wildman–Crippen MR) is 86.8 cm³/mol. The number of rotatable bonds is 8. The second-order valence-electron chi connectivity index (χ2n) is 5.76. The highest BCUT2D eigenvalue weighted by atomic mass is 79.9. The van der Waals surface area contributed by atoms with E-state index in [4.69, 9.17) is 10.5 Å². The molecule has 1 saturated carbocycles. The molecule has 0 aromatic heterocycles. The number of nitrogens with zero attached hydrogens (tertiary/aromatic N) is 1. The Balaban J connectivity index is 1.86. The first-order valence-electron chi connectivity index (χ1n) is 7.36. The van der Waals surface area contributed by atoms with Crippen LogP contribution in [0.25, 0.3) is 0 Å². The van der Waals surface area contributed by atoms with Gasteiger partial charge in [-0.15, -0.1) is 0 Å². The van der Waals surface area contributed by atoms with Crippen LogP contribution in [0.4, 0.5) is 0 Å². The number of aryl methyl sites for hydroxylation is 1. The Kier molecular flexibility index (Phi) is 6.02. The van der Waals surface area contributed by atoms with E-state index in [0.717, 1.165) is 30.1 Å². The highest BCUT2D eigenvalue weighted by Gasteiger charge is 2.21. The van der Waals surface area contributed by atoms with E-state index in [1.165, 1.54) is 24.0 Å². The minimum atomic E-state index is 0.247. The quantitative estimate of drug-likeness (QED) is 0.739. The van der Waals surface area contributed by atoms with Crippen molar-refractivity contribution in [1.29, 1.82) is 0 Å². The van der Waals surface area contributed by atoms with Crippen molar-refractivity contribution in [3.05, 3.63) is 33.8 Å². The lowest BCUT2D eigenvalue weighted by molar-refractivity contribution is 0.0922. The second-order valence-corrected chi connectivity index (χ2v) is 6.61. The number of benzene rings is 1. The van der Waals surface area contributed by atoms with E-state index in [1.54, 1.807) is 0 Å². The highest BCUT2D eigenvalue weighted by molar-refractivity contribution is 9.10. The zero-order valence-electron chi connectivity index (χ0n) is 12.4. The third-order valence-corrected chi connectivity index (χ3v) is 4.83. The molecule has 20 heavy (non-hydrogen) atoms. The van der Waals surface area contributed by atoms with Gasteiger partial charge >= 0.3 is 0 Å². The fourth-order valence-electron chi connectivity index (χ4n) is 2.29. The van der Waals surface area contributed by atoms with Crippen molar-refractivity contribution >= 4 is 15.9 Å². The van der Waals surface area contributed by atoms with Gasteiger partial charge in [-0.2, -0.15) is 0 Å². The average Bonchev–Trinajstić information content (AvgIpc) is 3.24. The first-order chi connectivity index (χ1) is 9.61. The Morgan fingerprint density at radius 2 is 2.20 bits per heavy atom. The van der Waals surface area contributed by atoms with Crippen LogP contribution in [0.2, 0.25) is 0 Å². The van der Waals surface area contributed by atoms with Crippen LogP contribution < -0.4 is 5.73 Å². The summed E-state index contributed by atoms with van der Waals surface area (Å²) in [5.74, 6) is 0.832. The summed E-state index contributed by atoms with van der Waals surface area (Å²) in [7, 11) is 2.12. The maximum absolute atomic E-state index is 5.96. The maximum atomic E-state index is 5.96. The van der Waals surface area contributed by atoms with Crippen molar-refractivity contribution in [2.45, 2.75) is 25.8 Å². The minimum Gasteiger partial charge on any atom is -0.380 e. The molecule has 0 heterocycles. The van der Waals surface area contributed by atoms with Crippen molar-refractivity contribution in [2.75, 3.05) is 33.4 Å². The molecule has 0 bridgehead atoms. The molecule has 0 aliphatic heterocycles. The van der Waals surface area contributed by atoms with E-state index < -0.39 is 0 Å². The summed E-state index contributed by atoms with van der Waals surface area (Å²) in [5, 5.41) is 0. The second kappa shape index (κ2) is 7.55. The zero-order valence-corrected chi connectivity index (χ0v) is 14.0. The van der Waals surface area contributed by atoms with Gasteiger partial charge in [-0.05, 0) is 49.9 Å². The van der Waals surface area contributed by atoms with Gasteiger partial charge in [0.1, 0.15) is 0 Å². The SMILES string of the molecule is Cc1ccc(C(CN)N(C)CCOCC2CC2)cc1Br. The Morgan fingerprint density at radius 3 is 2.80 bits per heavy atom. The molecule has 112 valence electrons. The number of likely N-dealkylation sites (N-methyl/N-ethyl adjacent to an activating group) is 1. The van der Waals surface area contributed by atoms with E-state index in [-0.39, 0.29) is 6.04 Å². The van der Waals surface area contributed by atoms with Gasteiger partial charge < -0.3 is 10.5 Å². The predicted octanol–water partition coefficient (Wildman–Crippen LogP) is 3.12. The summed E-state index contributed by atoms with van der Waals surface area (Å²) in [5.41, 5.74) is 8.47. The van der Waals surface area contributed by atoms with Gasteiger partial charge in [0.15, 0.2) is 0 Å². The monoisotopic (exact) mass is 340 g/mol. The van der Waals surface area contributed by atoms with Gasteiger partial charge in [0, 0.05) is 30.2 Å². The van der Waals surface area contributed by atoms with Crippen molar-refractivity contribution in [3.8, 4) is 0 Å². The summed E-state index contributed by atoms with van der Waals surface area (Å²) in [6.07, 6.45) is 2.69. The van der Waals surface area contributed by atoms with E-state index in [2.05, 4.69) is 53.0 Å². The van der Waals surface area contributed by atoms with Crippen molar-refractivity contribution in [3.63, 3.8) is 0 Å². The molecule has 1 aliphatic rings. The van der Waals surface area contributed by atoms with Gasteiger partial charge in [-0.25, -0.2) is 0 Å². The standard InChI is InChI=1S/C16H25BrN2O/c1-12-3-6-14(9-15(12)17)16(10-18)19(2)7-8-20-11-13-4-5-13/h3,6,9,13,16H,4-5,7-8,10-11,18H2,1-2H3. The molecule has 1 atom stereocenters. The third-order valence-electron chi connectivity index (χ3n) is 3.97. The van der Waals surface area contributed by atoms with Crippen molar-refractivity contribution in [2.24, 2.45) is 11.7 Å². The molecule has 4 heteroatoms. The third kappa shape index (κ3) is 4.55. The number of ether oxygens (including phenoxy) is 1. The van der Waals surface area contributed by atoms with Crippen LogP contribution in [0.3, 0.4) is 0 Å². The normalized spacial score (nSPS) is 16.6. The van der Waals surface area contributed by atoms with Gasteiger partial charge in [0.2, 0.25) is 0 Å². The Morgan fingerprint density at radius 1 is 1.45 bits per heavy atom. The van der Waals surface area contributed by atoms with Gasteiger partial charge in [0.05, 0.1) is 6.61 Å². The molecule has 1 aliphatic carbocycles.